The number of anilines is 2. The molecule has 1 fully saturated rings. The number of pyridine rings is 1. The quantitative estimate of drug-likeness (QED) is 0.844. The number of benzene rings is 1. The normalized spacial score (nSPS) is 14.1. The lowest BCUT2D eigenvalue weighted by molar-refractivity contribution is -0.119. The number of rotatable bonds is 5. The van der Waals surface area contributed by atoms with Crippen LogP contribution in [0.5, 0.6) is 0 Å². The molecule has 1 aromatic carbocycles. The molecule has 0 atom stereocenters. The molecule has 1 aliphatic rings. The third-order valence-electron chi connectivity index (χ3n) is 4.36. The van der Waals surface area contributed by atoms with Gasteiger partial charge in [-0.15, -0.1) is 0 Å². The molecule has 2 amide bonds. The molecular weight excluding hydrogens is 370 g/mol. The van der Waals surface area contributed by atoms with E-state index < -0.39 is 11.6 Å². The smallest absolute Gasteiger partial charge is 0.254 e. The molecule has 2 aromatic rings. The number of methoxy groups -OCH3 is 1. The number of aromatic nitrogens is 1. The number of nitrogens with zero attached hydrogens (tertiary/aromatic N) is 3. The Labute approximate surface area is 160 Å². The number of nitrogens with one attached hydrogen (secondary N) is 1. The maximum Gasteiger partial charge on any atom is 0.254 e. The molecule has 0 spiro atoms. The molecule has 0 aliphatic carbocycles. The van der Waals surface area contributed by atoms with Gasteiger partial charge >= 0.3 is 0 Å². The van der Waals surface area contributed by atoms with Crippen molar-refractivity contribution < 1.29 is 23.1 Å². The van der Waals surface area contributed by atoms with E-state index in [0.29, 0.717) is 31.9 Å². The van der Waals surface area contributed by atoms with Gasteiger partial charge in [0.2, 0.25) is 5.91 Å². The van der Waals surface area contributed by atoms with Crippen LogP contribution in [0.2, 0.25) is 0 Å². The van der Waals surface area contributed by atoms with E-state index in [1.54, 1.807) is 23.2 Å². The van der Waals surface area contributed by atoms with Crippen molar-refractivity contribution in [1.82, 2.24) is 9.88 Å². The Morgan fingerprint density at radius 2 is 1.86 bits per heavy atom. The molecule has 0 saturated carbocycles. The minimum atomic E-state index is -1.04. The molecule has 1 aliphatic heterocycles. The van der Waals surface area contributed by atoms with Crippen LogP contribution in [-0.4, -0.2) is 61.6 Å². The number of hydrogen-bond donors (Lipinski definition) is 1. The van der Waals surface area contributed by atoms with E-state index in [1.807, 2.05) is 4.90 Å². The fraction of sp³-hybridized carbons (Fsp3) is 0.316. The fourth-order valence-corrected chi connectivity index (χ4v) is 2.93. The van der Waals surface area contributed by atoms with Crippen LogP contribution in [0.15, 0.2) is 36.5 Å². The molecule has 7 nitrogen and oxygen atoms in total. The molecular formula is C19H20F2N4O3. The summed E-state index contributed by atoms with van der Waals surface area (Å²) >= 11 is 0. The van der Waals surface area contributed by atoms with Crippen molar-refractivity contribution in [3.8, 4) is 0 Å². The summed E-state index contributed by atoms with van der Waals surface area (Å²) in [4.78, 5) is 31.9. The Morgan fingerprint density at radius 1 is 1.11 bits per heavy atom. The number of halogens is 2. The average Bonchev–Trinajstić information content (AvgIpc) is 2.70. The van der Waals surface area contributed by atoms with E-state index in [9.17, 15) is 18.4 Å². The van der Waals surface area contributed by atoms with E-state index in [1.165, 1.54) is 13.2 Å². The zero-order chi connectivity index (χ0) is 20.1. The van der Waals surface area contributed by atoms with Crippen LogP contribution in [0.25, 0.3) is 0 Å². The first-order chi connectivity index (χ1) is 13.5. The van der Waals surface area contributed by atoms with Crippen LogP contribution in [0.1, 0.15) is 10.4 Å². The second-order valence-electron chi connectivity index (χ2n) is 6.29. The maximum absolute atomic E-state index is 13.3. The Bertz CT molecular complexity index is 853. The second-order valence-corrected chi connectivity index (χ2v) is 6.29. The zero-order valence-electron chi connectivity index (χ0n) is 15.3. The van der Waals surface area contributed by atoms with Gasteiger partial charge in [0.25, 0.3) is 5.91 Å². The highest BCUT2D eigenvalue weighted by Gasteiger charge is 2.23. The van der Waals surface area contributed by atoms with Gasteiger partial charge in [-0.2, -0.15) is 0 Å². The van der Waals surface area contributed by atoms with Crippen molar-refractivity contribution in [2.45, 2.75) is 0 Å². The van der Waals surface area contributed by atoms with Gasteiger partial charge in [-0.05, 0) is 30.3 Å². The lowest BCUT2D eigenvalue weighted by atomic mass is 10.1. The predicted octanol–water partition coefficient (Wildman–Crippen LogP) is 1.91. The van der Waals surface area contributed by atoms with E-state index in [4.69, 9.17) is 4.74 Å². The summed E-state index contributed by atoms with van der Waals surface area (Å²) in [6.07, 6.45) is 1.56. The van der Waals surface area contributed by atoms with Gasteiger partial charge in [0, 0.05) is 38.9 Å². The predicted molar refractivity (Wildman–Crippen MR) is 99.2 cm³/mol. The van der Waals surface area contributed by atoms with E-state index in [0.717, 1.165) is 18.0 Å². The molecule has 2 heterocycles. The molecule has 3 rings (SSSR count). The van der Waals surface area contributed by atoms with Gasteiger partial charge in [0.1, 0.15) is 12.4 Å². The minimum Gasteiger partial charge on any atom is -0.375 e. The fourth-order valence-electron chi connectivity index (χ4n) is 2.93. The SMILES string of the molecule is COCC(=O)Nc1ccc(N2CCN(C(=O)c3ccc(F)c(F)c3)CC2)nc1. The first-order valence-corrected chi connectivity index (χ1v) is 8.72. The lowest BCUT2D eigenvalue weighted by Crippen LogP contribution is -2.49. The Kier molecular flexibility index (Phi) is 6.15. The first-order valence-electron chi connectivity index (χ1n) is 8.72. The number of carbonyl (C=O) groups excluding carboxylic acids is 2. The highest BCUT2D eigenvalue weighted by molar-refractivity contribution is 5.94. The van der Waals surface area contributed by atoms with Crippen LogP contribution in [-0.2, 0) is 9.53 Å². The van der Waals surface area contributed by atoms with Gasteiger partial charge in [0.15, 0.2) is 11.6 Å². The van der Waals surface area contributed by atoms with E-state index in [-0.39, 0.29) is 24.0 Å². The molecule has 1 N–H and O–H groups in total. The van der Waals surface area contributed by atoms with Crippen LogP contribution < -0.4 is 10.2 Å². The third-order valence-corrected chi connectivity index (χ3v) is 4.36. The zero-order valence-corrected chi connectivity index (χ0v) is 15.3. The largest absolute Gasteiger partial charge is 0.375 e. The molecule has 28 heavy (non-hydrogen) atoms. The van der Waals surface area contributed by atoms with Crippen molar-refractivity contribution in [1.29, 1.82) is 0 Å². The molecule has 0 radical (unpaired) electrons. The standard InChI is InChI=1S/C19H20F2N4O3/c1-28-12-18(26)23-14-3-5-17(22-11-14)24-6-8-25(9-7-24)19(27)13-2-4-15(20)16(21)10-13/h2-5,10-11H,6-9,12H2,1H3,(H,23,26). The summed E-state index contributed by atoms with van der Waals surface area (Å²) in [5, 5.41) is 2.67. The summed E-state index contributed by atoms with van der Waals surface area (Å²) in [5.74, 6) is -1.88. The molecule has 1 saturated heterocycles. The van der Waals surface area contributed by atoms with Crippen molar-refractivity contribution in [3.63, 3.8) is 0 Å². The second kappa shape index (κ2) is 8.75. The summed E-state index contributed by atoms with van der Waals surface area (Å²) < 4.78 is 31.1. The van der Waals surface area contributed by atoms with Gasteiger partial charge in [-0.1, -0.05) is 0 Å². The Hall–Kier alpha value is -3.07. The van der Waals surface area contributed by atoms with Crippen molar-refractivity contribution >= 4 is 23.3 Å². The number of hydrogen-bond acceptors (Lipinski definition) is 5. The van der Waals surface area contributed by atoms with Crippen molar-refractivity contribution in [2.24, 2.45) is 0 Å². The maximum atomic E-state index is 13.3. The highest BCUT2D eigenvalue weighted by atomic mass is 19.2. The van der Waals surface area contributed by atoms with Crippen LogP contribution in [0.4, 0.5) is 20.3 Å². The lowest BCUT2D eigenvalue weighted by Gasteiger charge is -2.35. The minimum absolute atomic E-state index is 0.0320. The average molecular weight is 390 g/mol. The summed E-state index contributed by atoms with van der Waals surface area (Å²) in [6.45, 7) is 1.95. The van der Waals surface area contributed by atoms with E-state index in [2.05, 4.69) is 10.3 Å². The van der Waals surface area contributed by atoms with Gasteiger partial charge < -0.3 is 19.9 Å². The van der Waals surface area contributed by atoms with Crippen LogP contribution in [0.3, 0.4) is 0 Å². The molecule has 148 valence electrons. The monoisotopic (exact) mass is 390 g/mol. The summed E-state index contributed by atoms with van der Waals surface area (Å²) in [6, 6.07) is 6.69. The summed E-state index contributed by atoms with van der Waals surface area (Å²) in [7, 11) is 1.44. The molecule has 0 bridgehead atoms. The van der Waals surface area contributed by atoms with Gasteiger partial charge in [-0.3, -0.25) is 9.59 Å². The van der Waals surface area contributed by atoms with Gasteiger partial charge in [-0.25, -0.2) is 13.8 Å². The van der Waals surface area contributed by atoms with Crippen LogP contribution >= 0.6 is 0 Å². The third kappa shape index (κ3) is 4.61. The number of carbonyl (C=O) groups is 2. The topological polar surface area (TPSA) is 74.8 Å². The number of amides is 2. The molecule has 9 heteroatoms. The number of ether oxygens (including phenoxy) is 1. The van der Waals surface area contributed by atoms with E-state index >= 15 is 0 Å². The van der Waals surface area contributed by atoms with Crippen LogP contribution in [0, 0.1) is 11.6 Å². The first kappa shape index (κ1) is 19.7. The molecule has 1 aromatic heterocycles. The van der Waals surface area contributed by atoms with Crippen molar-refractivity contribution in [3.05, 3.63) is 53.7 Å². The highest BCUT2D eigenvalue weighted by Crippen LogP contribution is 2.18. The Balaban J connectivity index is 1.56. The van der Waals surface area contributed by atoms with Gasteiger partial charge in [0.05, 0.1) is 11.9 Å². The molecule has 0 unspecified atom stereocenters. The number of piperazine rings is 1. The summed E-state index contributed by atoms with van der Waals surface area (Å²) in [5.41, 5.74) is 0.694. The Morgan fingerprint density at radius 3 is 2.46 bits per heavy atom. The van der Waals surface area contributed by atoms with Crippen molar-refractivity contribution in [2.75, 3.05) is 50.1 Å².